The second-order valence-electron chi connectivity index (χ2n) is 14.8. The zero-order valence-electron chi connectivity index (χ0n) is 37.6. The van der Waals surface area contributed by atoms with Gasteiger partial charge in [0.15, 0.2) is 0 Å². The Morgan fingerprint density at radius 1 is 0.918 bits per heavy atom. The van der Waals surface area contributed by atoms with Gasteiger partial charge in [0.05, 0.1) is 54.1 Å². The van der Waals surface area contributed by atoms with Gasteiger partial charge in [0.2, 0.25) is 11.8 Å². The number of aromatic nitrogens is 4. The summed E-state index contributed by atoms with van der Waals surface area (Å²) in [7, 11) is 5.30. The lowest BCUT2D eigenvalue weighted by atomic mass is 10.1. The van der Waals surface area contributed by atoms with Crippen molar-refractivity contribution in [2.24, 2.45) is 5.92 Å². The van der Waals surface area contributed by atoms with Crippen molar-refractivity contribution in [3.63, 3.8) is 0 Å². The Bertz CT molecular complexity index is 2200. The minimum Gasteiger partial charge on any atom is -0.471 e. The molecule has 6 heterocycles. The number of aldehydes is 1. The number of hydrogen-bond acceptors (Lipinski definition) is 11. The number of carbonyl (C=O) groups excluding carboxylic acids is 4. The number of thiophene rings is 2. The smallest absolute Gasteiger partial charge is 0.292 e. The largest absolute Gasteiger partial charge is 0.471 e. The fraction of sp³-hybridized carbons (Fsp3) is 0.478. The number of hydrogen-bond donors (Lipinski definition) is 4. The van der Waals surface area contributed by atoms with Crippen LogP contribution in [0.2, 0.25) is 0 Å². The van der Waals surface area contributed by atoms with E-state index in [1.54, 1.807) is 13.4 Å². The highest BCUT2D eigenvalue weighted by Gasteiger charge is 2.25. The Balaban J connectivity index is 0.000000281. The minimum absolute atomic E-state index is 0.161. The van der Waals surface area contributed by atoms with Crippen molar-refractivity contribution in [1.82, 2.24) is 40.4 Å². The Kier molecular flexibility index (Phi) is 21.8. The number of H-pyrrole nitrogens is 2. The molecule has 13 nitrogen and oxygen atoms in total. The summed E-state index contributed by atoms with van der Waals surface area (Å²) in [5, 5.41) is 5.38. The third kappa shape index (κ3) is 14.9. The summed E-state index contributed by atoms with van der Waals surface area (Å²) in [4.78, 5) is 63.7. The average Bonchev–Trinajstić information content (AvgIpc) is 4.12. The number of fused-ring (bicyclic) bond motifs is 3. The molecule has 8 rings (SSSR count). The van der Waals surface area contributed by atoms with E-state index in [0.717, 1.165) is 53.8 Å². The Labute approximate surface area is 369 Å². The molecule has 4 aromatic heterocycles. The highest BCUT2D eigenvalue weighted by molar-refractivity contribution is 7.31. The van der Waals surface area contributed by atoms with Crippen LogP contribution in [0.5, 0.6) is 0 Å². The van der Waals surface area contributed by atoms with Gasteiger partial charge in [0.1, 0.15) is 12.1 Å². The molecule has 2 atom stereocenters. The first-order valence-corrected chi connectivity index (χ1v) is 22.9. The van der Waals surface area contributed by atoms with Gasteiger partial charge < -0.3 is 35.0 Å². The van der Waals surface area contributed by atoms with Gasteiger partial charge in [-0.1, -0.05) is 60.1 Å². The number of methoxy groups -OCH3 is 1. The fourth-order valence-corrected chi connectivity index (χ4v) is 9.02. The summed E-state index contributed by atoms with van der Waals surface area (Å²) < 4.78 is 6.53. The van der Waals surface area contributed by atoms with Gasteiger partial charge >= 0.3 is 0 Å². The Hall–Kier alpha value is -4.96. The van der Waals surface area contributed by atoms with Crippen LogP contribution in [0.15, 0.2) is 54.9 Å². The molecule has 332 valence electrons. The predicted molar refractivity (Wildman–Crippen MR) is 253 cm³/mol. The normalized spacial score (nSPS) is 14.9. The molecule has 2 aromatic carbocycles. The number of aromatic amines is 2. The summed E-state index contributed by atoms with van der Waals surface area (Å²) in [6.45, 7) is 17.3. The van der Waals surface area contributed by atoms with Gasteiger partial charge in [0, 0.05) is 39.2 Å². The summed E-state index contributed by atoms with van der Waals surface area (Å²) in [5.41, 5.74) is 6.76. The minimum atomic E-state index is -0.336. The zero-order chi connectivity index (χ0) is 44.9. The zero-order valence-corrected chi connectivity index (χ0v) is 39.2. The van der Waals surface area contributed by atoms with Crippen LogP contribution in [0, 0.1) is 5.92 Å². The van der Waals surface area contributed by atoms with E-state index < -0.39 is 0 Å². The molecule has 6 aromatic rings. The van der Waals surface area contributed by atoms with Crippen molar-refractivity contribution < 1.29 is 23.9 Å². The summed E-state index contributed by atoms with van der Waals surface area (Å²) in [6.07, 6.45) is 8.53. The van der Waals surface area contributed by atoms with E-state index in [4.69, 9.17) is 9.78 Å². The maximum absolute atomic E-state index is 11.1. The van der Waals surface area contributed by atoms with Crippen molar-refractivity contribution in [2.45, 2.75) is 92.7 Å². The van der Waals surface area contributed by atoms with E-state index in [9.17, 15) is 14.4 Å². The first-order valence-electron chi connectivity index (χ1n) is 21.2. The van der Waals surface area contributed by atoms with E-state index in [1.807, 2.05) is 55.3 Å². The van der Waals surface area contributed by atoms with E-state index in [2.05, 4.69) is 105 Å². The molecule has 0 bridgehead atoms. The van der Waals surface area contributed by atoms with Crippen molar-refractivity contribution >= 4 is 78.7 Å². The fourth-order valence-electron chi connectivity index (χ4n) is 6.63. The standard InChI is InChI=1S/C25H21N5S2.C7H14N2O.C7H13NO2.C3H8.C2H4O2.C2H6/c1-30-8-2-3-20(30)25-28-17-7-5-15(10-19(17)29-25)22-12-24-23(32-22)11-21(31-24)14-4-6-16-18(9-14)27-13-26-16;1-8-6-7(10)9-4-2-3-5-9;1-5(2)7(4-9)8-6(3)10;1-3-2;1-4-2-3;1-2/h4-7,9-13,20H,2-3,8H2,1H3,(H,26,27)(H,28,29);8H,2-6H2,1H3;4-5,7H,1-3H3,(H,8,10);3H2,1-2H3;2H,1H3;1-2H3. The molecule has 2 amide bonds. The van der Waals surface area contributed by atoms with Gasteiger partial charge in [0.25, 0.3) is 6.47 Å². The summed E-state index contributed by atoms with van der Waals surface area (Å²) in [5.74, 6) is 1.34. The van der Waals surface area contributed by atoms with E-state index in [-0.39, 0.29) is 23.8 Å². The van der Waals surface area contributed by atoms with Gasteiger partial charge in [-0.05, 0) is 99.8 Å². The molecule has 0 spiro atoms. The number of imidazole rings is 2. The molecule has 0 radical (unpaired) electrons. The van der Waals surface area contributed by atoms with E-state index in [0.29, 0.717) is 19.1 Å². The maximum Gasteiger partial charge on any atom is 0.292 e. The lowest BCUT2D eigenvalue weighted by molar-refractivity contribution is -0.129. The SMILES string of the molecule is CC.CC(=O)NC(C=O)C(C)C.CCC.CN1CCCC1c1nc2ccc(-c3cc4sc(-c5ccc6nc[nH]c6c5)cc4s3)cc2[nH]1.CNCC(=O)N1CCCC1.COC=O. The van der Waals surface area contributed by atoms with Crippen LogP contribution in [0.3, 0.4) is 0 Å². The second-order valence-corrected chi connectivity index (χ2v) is 17.0. The second kappa shape index (κ2) is 26.4. The van der Waals surface area contributed by atoms with E-state index in [1.165, 1.54) is 76.4 Å². The van der Waals surface area contributed by atoms with Crippen LogP contribution in [0.4, 0.5) is 0 Å². The van der Waals surface area contributed by atoms with Crippen LogP contribution >= 0.6 is 22.7 Å². The Morgan fingerprint density at radius 2 is 1.49 bits per heavy atom. The molecular weight excluding hydrogens is 809 g/mol. The molecule has 0 saturated carbocycles. The lowest BCUT2D eigenvalue weighted by Crippen LogP contribution is -2.38. The molecule has 2 saturated heterocycles. The van der Waals surface area contributed by atoms with Crippen LogP contribution < -0.4 is 10.6 Å². The molecule has 15 heteroatoms. The van der Waals surface area contributed by atoms with Crippen molar-refractivity contribution in [2.75, 3.05) is 47.4 Å². The first kappa shape index (κ1) is 50.4. The van der Waals surface area contributed by atoms with E-state index >= 15 is 0 Å². The number of likely N-dealkylation sites (N-methyl/N-ethyl adjacent to an activating group) is 1. The first-order chi connectivity index (χ1) is 29.5. The molecular formula is C46H66N8O5S2. The highest BCUT2D eigenvalue weighted by atomic mass is 32.1. The molecule has 2 aliphatic rings. The van der Waals surface area contributed by atoms with Gasteiger partial charge in [-0.2, -0.15) is 0 Å². The molecule has 2 unspecified atom stereocenters. The van der Waals surface area contributed by atoms with Gasteiger partial charge in [-0.15, -0.1) is 22.7 Å². The quantitative estimate of drug-likeness (QED) is 0.104. The number of nitrogens with zero attached hydrogens (tertiary/aromatic N) is 4. The number of carbonyl (C=O) groups is 4. The predicted octanol–water partition coefficient (Wildman–Crippen LogP) is 9.22. The molecule has 61 heavy (non-hydrogen) atoms. The van der Waals surface area contributed by atoms with Gasteiger partial charge in [-0.3, -0.25) is 19.3 Å². The maximum atomic E-state index is 11.1. The molecule has 0 aliphatic carbocycles. The number of nitrogens with one attached hydrogen (secondary N) is 4. The average molecular weight is 875 g/mol. The number of likely N-dealkylation sites (tertiary alicyclic amines) is 2. The molecule has 2 aliphatic heterocycles. The van der Waals surface area contributed by atoms with Crippen LogP contribution in [-0.2, 0) is 23.9 Å². The number of ether oxygens (including phenoxy) is 1. The number of rotatable bonds is 9. The number of benzene rings is 2. The van der Waals surface area contributed by atoms with Crippen molar-refractivity contribution in [3.05, 3.63) is 60.7 Å². The monoisotopic (exact) mass is 874 g/mol. The van der Waals surface area contributed by atoms with Crippen molar-refractivity contribution in [1.29, 1.82) is 0 Å². The Morgan fingerprint density at radius 3 is 1.97 bits per heavy atom. The summed E-state index contributed by atoms with van der Waals surface area (Å²) in [6, 6.07) is 17.7. The van der Waals surface area contributed by atoms with Crippen LogP contribution in [0.25, 0.3) is 52.3 Å². The third-order valence-electron chi connectivity index (χ3n) is 9.65. The summed E-state index contributed by atoms with van der Waals surface area (Å²) >= 11 is 3.71. The van der Waals surface area contributed by atoms with Gasteiger partial charge in [-0.25, -0.2) is 9.97 Å². The van der Waals surface area contributed by atoms with Crippen LogP contribution in [-0.4, -0.2) is 108 Å². The molecule has 4 N–H and O–H groups in total. The number of amides is 2. The van der Waals surface area contributed by atoms with Crippen LogP contribution in [0.1, 0.15) is 92.4 Å². The lowest BCUT2D eigenvalue weighted by Gasteiger charge is -2.16. The third-order valence-corrected chi connectivity index (χ3v) is 12.0. The topological polar surface area (TPSA) is 165 Å². The van der Waals surface area contributed by atoms with Crippen molar-refractivity contribution in [3.8, 4) is 20.9 Å². The highest BCUT2D eigenvalue weighted by Crippen LogP contribution is 2.42. The molecule has 2 fully saturated rings.